The molecule has 2 N–H and O–H groups in total. The highest BCUT2D eigenvalue weighted by atomic mass is 19.1. The normalized spacial score (nSPS) is 10.4. The molecule has 0 aliphatic heterocycles. The van der Waals surface area contributed by atoms with Crippen molar-refractivity contribution in [3.8, 4) is 5.69 Å². The minimum absolute atomic E-state index is 0.00939. The minimum Gasteiger partial charge on any atom is -0.351 e. The molecule has 0 radical (unpaired) electrons. The van der Waals surface area contributed by atoms with Gasteiger partial charge in [-0.15, -0.1) is 0 Å². The molecule has 0 atom stereocenters. The van der Waals surface area contributed by atoms with E-state index in [0.717, 1.165) is 17.8 Å². The fraction of sp³-hybridized carbons (Fsp3) is 0.105. The average molecular weight is 370 g/mol. The van der Waals surface area contributed by atoms with Gasteiger partial charge in [-0.1, -0.05) is 0 Å². The number of nitrogens with zero attached hydrogens (tertiary/aromatic N) is 2. The third-order valence-electron chi connectivity index (χ3n) is 3.73. The molecule has 0 aliphatic carbocycles. The Hall–Kier alpha value is -3.55. The molecule has 2 amide bonds. The van der Waals surface area contributed by atoms with E-state index >= 15 is 0 Å². The summed E-state index contributed by atoms with van der Waals surface area (Å²) in [5.74, 6) is -2.72. The van der Waals surface area contributed by atoms with E-state index in [0.29, 0.717) is 11.8 Å². The quantitative estimate of drug-likeness (QED) is 0.701. The molecule has 0 bridgehead atoms. The number of hydrogen-bond acceptors (Lipinski definition) is 3. The van der Waals surface area contributed by atoms with Gasteiger partial charge in [-0.2, -0.15) is 5.10 Å². The average Bonchev–Trinajstić information content (AvgIpc) is 3.17. The van der Waals surface area contributed by atoms with Crippen LogP contribution in [0.2, 0.25) is 0 Å². The van der Waals surface area contributed by atoms with Crippen molar-refractivity contribution < 1.29 is 18.4 Å². The monoisotopic (exact) mass is 370 g/mol. The number of anilines is 1. The molecule has 0 fully saturated rings. The second kappa shape index (κ2) is 8.22. The first kappa shape index (κ1) is 18.2. The number of carbonyl (C=O) groups excluding carboxylic acids is 2. The summed E-state index contributed by atoms with van der Waals surface area (Å²) >= 11 is 0. The van der Waals surface area contributed by atoms with E-state index in [4.69, 9.17) is 0 Å². The molecule has 1 aromatic heterocycles. The Morgan fingerprint density at radius 3 is 2.52 bits per heavy atom. The number of amides is 2. The van der Waals surface area contributed by atoms with E-state index in [1.54, 1.807) is 29.2 Å². The maximum absolute atomic E-state index is 13.5. The van der Waals surface area contributed by atoms with Gasteiger partial charge in [-0.05, 0) is 42.5 Å². The van der Waals surface area contributed by atoms with Crippen LogP contribution in [-0.2, 0) is 4.79 Å². The fourth-order valence-corrected chi connectivity index (χ4v) is 2.40. The number of benzene rings is 2. The van der Waals surface area contributed by atoms with Gasteiger partial charge in [0.1, 0.15) is 11.6 Å². The maximum atomic E-state index is 13.5. The molecule has 138 valence electrons. The van der Waals surface area contributed by atoms with E-state index in [1.165, 1.54) is 0 Å². The van der Waals surface area contributed by atoms with Crippen LogP contribution in [0.5, 0.6) is 0 Å². The predicted octanol–water partition coefficient (Wildman–Crippen LogP) is 2.91. The zero-order chi connectivity index (χ0) is 19.2. The Morgan fingerprint density at radius 2 is 1.85 bits per heavy atom. The number of carbonyl (C=O) groups is 2. The Bertz CT molecular complexity index is 941. The van der Waals surface area contributed by atoms with Crippen LogP contribution in [0.15, 0.2) is 60.9 Å². The highest BCUT2D eigenvalue weighted by Gasteiger charge is 2.12. The zero-order valence-electron chi connectivity index (χ0n) is 14.2. The molecule has 0 spiro atoms. The molecule has 3 aromatic rings. The standard InChI is InChI=1S/C19H16F2N4O2/c20-13-2-7-16(17(21)12-13)19(27)22-10-8-18(26)24-14-3-5-15(6-4-14)25-11-1-9-23-25/h1-7,9,11-12H,8,10H2,(H,22,27)(H,24,26). The summed E-state index contributed by atoms with van der Waals surface area (Å²) in [6.07, 6.45) is 3.48. The van der Waals surface area contributed by atoms with Gasteiger partial charge < -0.3 is 10.6 Å². The molecule has 27 heavy (non-hydrogen) atoms. The van der Waals surface area contributed by atoms with Crippen molar-refractivity contribution in [2.24, 2.45) is 0 Å². The number of rotatable bonds is 6. The first-order chi connectivity index (χ1) is 13.0. The largest absolute Gasteiger partial charge is 0.351 e. The topological polar surface area (TPSA) is 76.0 Å². The van der Waals surface area contributed by atoms with Gasteiger partial charge in [-0.25, -0.2) is 13.5 Å². The van der Waals surface area contributed by atoms with E-state index in [1.807, 2.05) is 18.2 Å². The van der Waals surface area contributed by atoms with Crippen LogP contribution in [0, 0.1) is 11.6 Å². The highest BCUT2D eigenvalue weighted by molar-refractivity contribution is 5.95. The van der Waals surface area contributed by atoms with Gasteiger partial charge in [0, 0.05) is 37.1 Å². The van der Waals surface area contributed by atoms with Gasteiger partial charge in [0.05, 0.1) is 11.3 Å². The smallest absolute Gasteiger partial charge is 0.254 e. The van der Waals surface area contributed by atoms with Gasteiger partial charge in [-0.3, -0.25) is 9.59 Å². The molecule has 0 unspecified atom stereocenters. The molecule has 0 aliphatic rings. The summed E-state index contributed by atoms with van der Waals surface area (Å²) in [7, 11) is 0. The fourth-order valence-electron chi connectivity index (χ4n) is 2.40. The lowest BCUT2D eigenvalue weighted by molar-refractivity contribution is -0.116. The summed E-state index contributed by atoms with van der Waals surface area (Å²) in [5, 5.41) is 9.24. The SMILES string of the molecule is O=C(CCNC(=O)c1ccc(F)cc1F)Nc1ccc(-n2cccn2)cc1. The van der Waals surface area contributed by atoms with Crippen molar-refractivity contribution in [1.82, 2.24) is 15.1 Å². The van der Waals surface area contributed by atoms with Crippen molar-refractivity contribution in [3.63, 3.8) is 0 Å². The van der Waals surface area contributed by atoms with E-state index < -0.39 is 17.5 Å². The molecule has 0 saturated heterocycles. The predicted molar refractivity (Wildman–Crippen MR) is 95.5 cm³/mol. The van der Waals surface area contributed by atoms with Crippen molar-refractivity contribution in [2.45, 2.75) is 6.42 Å². The van der Waals surface area contributed by atoms with E-state index in [2.05, 4.69) is 15.7 Å². The Morgan fingerprint density at radius 1 is 1.07 bits per heavy atom. The highest BCUT2D eigenvalue weighted by Crippen LogP contribution is 2.13. The molecule has 2 aromatic carbocycles. The number of aromatic nitrogens is 2. The van der Waals surface area contributed by atoms with Crippen molar-refractivity contribution in [2.75, 3.05) is 11.9 Å². The van der Waals surface area contributed by atoms with Crippen molar-refractivity contribution >= 4 is 17.5 Å². The molecular weight excluding hydrogens is 354 g/mol. The second-order valence-electron chi connectivity index (χ2n) is 5.68. The van der Waals surface area contributed by atoms with Crippen LogP contribution in [0.3, 0.4) is 0 Å². The summed E-state index contributed by atoms with van der Waals surface area (Å²) in [6, 6.07) is 11.6. The lowest BCUT2D eigenvalue weighted by Gasteiger charge is -2.08. The number of halogens is 2. The summed E-state index contributed by atoms with van der Waals surface area (Å²) in [4.78, 5) is 23.8. The summed E-state index contributed by atoms with van der Waals surface area (Å²) in [5.41, 5.74) is 1.18. The van der Waals surface area contributed by atoms with Gasteiger partial charge in [0.25, 0.3) is 5.91 Å². The van der Waals surface area contributed by atoms with Crippen LogP contribution in [0.1, 0.15) is 16.8 Å². The maximum Gasteiger partial charge on any atom is 0.254 e. The van der Waals surface area contributed by atoms with Gasteiger partial charge in [0.2, 0.25) is 5.91 Å². The lowest BCUT2D eigenvalue weighted by atomic mass is 10.2. The van der Waals surface area contributed by atoms with E-state index in [9.17, 15) is 18.4 Å². The van der Waals surface area contributed by atoms with Crippen LogP contribution >= 0.6 is 0 Å². The van der Waals surface area contributed by atoms with Gasteiger partial charge in [0.15, 0.2) is 0 Å². The van der Waals surface area contributed by atoms with Gasteiger partial charge >= 0.3 is 0 Å². The zero-order valence-corrected chi connectivity index (χ0v) is 14.2. The van der Waals surface area contributed by atoms with Crippen LogP contribution in [-0.4, -0.2) is 28.1 Å². The Labute approximate surface area is 153 Å². The van der Waals surface area contributed by atoms with Crippen LogP contribution in [0.4, 0.5) is 14.5 Å². The summed E-state index contributed by atoms with van der Waals surface area (Å²) in [6.45, 7) is 0.0207. The van der Waals surface area contributed by atoms with E-state index in [-0.39, 0.29) is 24.4 Å². The Kier molecular flexibility index (Phi) is 5.55. The first-order valence-corrected chi connectivity index (χ1v) is 8.16. The number of nitrogens with one attached hydrogen (secondary N) is 2. The Balaban J connectivity index is 1.47. The molecule has 0 saturated carbocycles. The number of hydrogen-bond donors (Lipinski definition) is 2. The molecule has 1 heterocycles. The minimum atomic E-state index is -0.950. The van der Waals surface area contributed by atoms with Crippen LogP contribution in [0.25, 0.3) is 5.69 Å². The summed E-state index contributed by atoms with van der Waals surface area (Å²) < 4.78 is 28.1. The lowest BCUT2D eigenvalue weighted by Crippen LogP contribution is -2.28. The third-order valence-corrected chi connectivity index (χ3v) is 3.73. The van der Waals surface area contributed by atoms with Crippen molar-refractivity contribution in [1.29, 1.82) is 0 Å². The second-order valence-corrected chi connectivity index (χ2v) is 5.68. The molecule has 3 rings (SSSR count). The van der Waals surface area contributed by atoms with Crippen molar-refractivity contribution in [3.05, 3.63) is 78.1 Å². The molecule has 8 heteroatoms. The molecule has 6 nitrogen and oxygen atoms in total. The third kappa shape index (κ3) is 4.75. The first-order valence-electron chi connectivity index (χ1n) is 8.16. The van der Waals surface area contributed by atoms with Crippen LogP contribution < -0.4 is 10.6 Å². The molecular formula is C19H16F2N4O2.